The number of carboxylic acids is 1. The molecule has 7 unspecified atom stereocenters. The first-order valence-corrected chi connectivity index (χ1v) is 23.4. The molecule has 10 rings (SSSR count). The van der Waals surface area contributed by atoms with Gasteiger partial charge in [-0.1, -0.05) is 101 Å². The fourth-order valence-corrected chi connectivity index (χ4v) is 11.0. The Balaban J connectivity index is 0.000000129. The lowest BCUT2D eigenvalue weighted by molar-refractivity contribution is -0.139. The fraction of sp³-hybridized carbons (Fsp3) is 0.538. The lowest BCUT2D eigenvalue weighted by atomic mass is 9.72. The van der Waals surface area contributed by atoms with Crippen LogP contribution in [0.25, 0.3) is 21.8 Å². The summed E-state index contributed by atoms with van der Waals surface area (Å²) in [6.07, 6.45) is 21.1. The Morgan fingerprint density at radius 3 is 1.93 bits per heavy atom. The van der Waals surface area contributed by atoms with Crippen molar-refractivity contribution in [3.8, 4) is 0 Å². The van der Waals surface area contributed by atoms with Crippen LogP contribution in [0.1, 0.15) is 127 Å². The molecule has 8 heteroatoms. The van der Waals surface area contributed by atoms with Crippen LogP contribution in [0.4, 0.5) is 5.69 Å². The van der Waals surface area contributed by atoms with E-state index < -0.39 is 5.97 Å². The first-order chi connectivity index (χ1) is 29.3. The number of hydrogen-bond donors (Lipinski definition) is 5. The molecule has 2 aliphatic carbocycles. The standard InChI is InChI=1S/C21H28N2O.C11H11NO2.C10H19N.C10H13N/c1-15-12-13-23(20-9-5-3-6-17(15)20)21(24)11-10-16-14-22-19-8-4-2-7-18(16)19;13-11(14)6-5-8-7-12-10-4-2-1-3-9(8)10;2*1-8-6-7-11-10-5-3-2-4-9(8)10/h2,4,7-8,14-15,17,20,22H,3,5-6,9-13H2,1H3;1-4,7,12H,5-6H2,(H,13,14);8-11H,2-7H2,1H3;2-5,8,11H,6-7H2,1H3. The van der Waals surface area contributed by atoms with E-state index >= 15 is 0 Å². The minimum atomic E-state index is -0.754. The average molecular weight is 814 g/mol. The minimum absolute atomic E-state index is 0.182. The Hall–Kier alpha value is -4.56. The number of amides is 1. The quantitative estimate of drug-likeness (QED) is 0.117. The lowest BCUT2D eigenvalue weighted by Crippen LogP contribution is -2.52. The van der Waals surface area contributed by atoms with E-state index in [1.54, 1.807) is 0 Å². The van der Waals surface area contributed by atoms with Crippen molar-refractivity contribution < 1.29 is 14.7 Å². The van der Waals surface area contributed by atoms with E-state index in [4.69, 9.17) is 5.11 Å². The Morgan fingerprint density at radius 2 is 1.25 bits per heavy atom. The molecule has 3 aromatic carbocycles. The highest BCUT2D eigenvalue weighted by Crippen LogP contribution is 2.39. The molecule has 5 heterocycles. The average Bonchev–Trinajstić information content (AvgIpc) is 3.90. The third kappa shape index (κ3) is 11.0. The van der Waals surface area contributed by atoms with E-state index in [0.29, 0.717) is 24.8 Å². The summed E-state index contributed by atoms with van der Waals surface area (Å²) in [5, 5.41) is 18.0. The van der Waals surface area contributed by atoms with Crippen LogP contribution in [-0.2, 0) is 22.4 Å². The number of aryl methyl sites for hydroxylation is 2. The maximum Gasteiger partial charge on any atom is 0.303 e. The minimum Gasteiger partial charge on any atom is -0.481 e. The van der Waals surface area contributed by atoms with Crippen LogP contribution >= 0.6 is 0 Å². The van der Waals surface area contributed by atoms with E-state index in [0.717, 1.165) is 71.6 Å². The number of piperidine rings is 2. The number of benzene rings is 3. The maximum atomic E-state index is 12.9. The Morgan fingerprint density at radius 1 is 0.650 bits per heavy atom. The highest BCUT2D eigenvalue weighted by molar-refractivity contribution is 5.85. The molecule has 2 saturated heterocycles. The predicted octanol–water partition coefficient (Wildman–Crippen LogP) is 11.5. The SMILES string of the molecule is CC1CCN(C(=O)CCc2c[nH]c3ccccc23)C2CCCCC12.CC1CCNC2CCCCC12.CC1CCNc2ccccc21.O=C(O)CCc1c[nH]c2ccccc12. The fourth-order valence-electron chi connectivity index (χ4n) is 11.0. The number of H-pyrrole nitrogens is 2. The molecule has 8 nitrogen and oxygen atoms in total. The van der Waals surface area contributed by atoms with Gasteiger partial charge in [0.2, 0.25) is 5.91 Å². The van der Waals surface area contributed by atoms with Crippen molar-refractivity contribution in [1.29, 1.82) is 0 Å². The van der Waals surface area contributed by atoms with Crippen molar-refractivity contribution in [3.05, 3.63) is 102 Å². The first-order valence-electron chi connectivity index (χ1n) is 23.4. The molecule has 7 atom stereocenters. The van der Waals surface area contributed by atoms with Crippen LogP contribution in [0, 0.1) is 23.7 Å². The number of nitrogens with zero attached hydrogens (tertiary/aromatic N) is 1. The van der Waals surface area contributed by atoms with E-state index in [-0.39, 0.29) is 6.42 Å². The zero-order chi connectivity index (χ0) is 41.8. The normalized spacial score (nSPS) is 25.6. The van der Waals surface area contributed by atoms with Crippen molar-refractivity contribution in [2.24, 2.45) is 23.7 Å². The molecule has 5 N–H and O–H groups in total. The number of hydrogen-bond acceptors (Lipinski definition) is 4. The van der Waals surface area contributed by atoms with Crippen LogP contribution in [0.3, 0.4) is 0 Å². The number of aromatic nitrogens is 2. The van der Waals surface area contributed by atoms with Crippen LogP contribution in [0.5, 0.6) is 0 Å². The van der Waals surface area contributed by atoms with Gasteiger partial charge in [0.15, 0.2) is 0 Å². The number of carbonyl (C=O) groups is 2. The second kappa shape index (κ2) is 21.3. The van der Waals surface area contributed by atoms with Gasteiger partial charge in [-0.15, -0.1) is 0 Å². The summed E-state index contributed by atoms with van der Waals surface area (Å²) in [6, 6.07) is 26.2. The molecule has 3 aliphatic heterocycles. The molecule has 0 spiro atoms. The van der Waals surface area contributed by atoms with Gasteiger partial charge in [-0.25, -0.2) is 0 Å². The molecular formula is C52H71N5O3. The predicted molar refractivity (Wildman–Crippen MR) is 248 cm³/mol. The summed E-state index contributed by atoms with van der Waals surface area (Å²) in [6.45, 7) is 10.5. The smallest absolute Gasteiger partial charge is 0.303 e. The molecular weight excluding hydrogens is 743 g/mol. The van der Waals surface area contributed by atoms with Crippen LogP contribution in [0.15, 0.2) is 85.2 Å². The number of para-hydroxylation sites is 3. The van der Waals surface area contributed by atoms with Gasteiger partial charge < -0.3 is 30.6 Å². The van der Waals surface area contributed by atoms with Crippen molar-refractivity contribution in [2.45, 2.75) is 135 Å². The Labute approximate surface area is 358 Å². The number of anilines is 1. The summed E-state index contributed by atoms with van der Waals surface area (Å²) in [7, 11) is 0. The van der Waals surface area contributed by atoms with E-state index in [2.05, 4.69) is 94.9 Å². The third-order valence-corrected chi connectivity index (χ3v) is 14.6. The van der Waals surface area contributed by atoms with Gasteiger partial charge in [0.25, 0.3) is 0 Å². The number of rotatable bonds is 6. The summed E-state index contributed by atoms with van der Waals surface area (Å²) in [4.78, 5) is 32.0. The molecule has 0 bridgehead atoms. The highest BCUT2D eigenvalue weighted by Gasteiger charge is 2.39. The van der Waals surface area contributed by atoms with Crippen molar-refractivity contribution in [1.82, 2.24) is 20.2 Å². The van der Waals surface area contributed by atoms with Crippen molar-refractivity contribution in [3.63, 3.8) is 0 Å². The number of aromatic amines is 2. The number of aliphatic carboxylic acids is 1. The van der Waals surface area contributed by atoms with Crippen LogP contribution in [0.2, 0.25) is 0 Å². The number of fused-ring (bicyclic) bond motifs is 5. The largest absolute Gasteiger partial charge is 0.481 e. The monoisotopic (exact) mass is 814 g/mol. The second-order valence-electron chi connectivity index (χ2n) is 18.5. The molecule has 0 radical (unpaired) electrons. The van der Waals surface area contributed by atoms with Crippen molar-refractivity contribution >= 4 is 39.4 Å². The van der Waals surface area contributed by atoms with Crippen LogP contribution < -0.4 is 10.6 Å². The van der Waals surface area contributed by atoms with Gasteiger partial charge in [0.05, 0.1) is 0 Å². The molecule has 4 fully saturated rings. The van der Waals surface area contributed by atoms with E-state index in [9.17, 15) is 9.59 Å². The van der Waals surface area contributed by atoms with Gasteiger partial charge in [-0.05, 0) is 129 Å². The van der Waals surface area contributed by atoms with Gasteiger partial charge >= 0.3 is 5.97 Å². The Kier molecular flexibility index (Phi) is 15.5. The molecule has 2 aromatic heterocycles. The van der Waals surface area contributed by atoms with Crippen molar-refractivity contribution in [2.75, 3.05) is 25.0 Å². The number of carboxylic acid groups (broad SMARTS) is 1. The van der Waals surface area contributed by atoms with E-state index in [1.807, 2.05) is 36.5 Å². The van der Waals surface area contributed by atoms with Gasteiger partial charge in [-0.2, -0.15) is 0 Å². The molecule has 322 valence electrons. The highest BCUT2D eigenvalue weighted by atomic mass is 16.4. The lowest BCUT2D eigenvalue weighted by Gasteiger charge is -2.47. The zero-order valence-corrected chi connectivity index (χ0v) is 36.6. The summed E-state index contributed by atoms with van der Waals surface area (Å²) < 4.78 is 0. The molecule has 1 amide bonds. The topological polar surface area (TPSA) is 113 Å². The first kappa shape index (κ1) is 43.5. The maximum absolute atomic E-state index is 12.9. The van der Waals surface area contributed by atoms with Gasteiger partial charge in [0, 0.05) is 77.9 Å². The molecule has 60 heavy (non-hydrogen) atoms. The second-order valence-corrected chi connectivity index (χ2v) is 18.5. The number of carbonyl (C=O) groups excluding carboxylic acids is 1. The molecule has 2 saturated carbocycles. The summed E-state index contributed by atoms with van der Waals surface area (Å²) >= 11 is 0. The van der Waals surface area contributed by atoms with Gasteiger partial charge in [-0.3, -0.25) is 9.59 Å². The molecule has 5 aromatic rings. The Bertz CT molecular complexity index is 2120. The molecule has 5 aliphatic rings. The number of nitrogens with one attached hydrogen (secondary N) is 4. The summed E-state index contributed by atoms with van der Waals surface area (Å²) in [5.41, 5.74) is 7.37. The van der Waals surface area contributed by atoms with Gasteiger partial charge in [0.1, 0.15) is 0 Å². The number of likely N-dealkylation sites (tertiary alicyclic amines) is 1. The van der Waals surface area contributed by atoms with E-state index in [1.165, 1.54) is 105 Å². The summed E-state index contributed by atoms with van der Waals surface area (Å²) in [5.74, 6) is 3.86. The zero-order valence-electron chi connectivity index (χ0n) is 36.6. The third-order valence-electron chi connectivity index (χ3n) is 14.6. The van der Waals surface area contributed by atoms with Crippen LogP contribution in [-0.4, -0.2) is 63.6 Å².